The molecule has 5 aromatic heterocycles. The maximum atomic E-state index is 7.42. The summed E-state index contributed by atoms with van der Waals surface area (Å²) in [6.07, 6.45) is 0. The monoisotopic (exact) mass is 1760 g/mol. The largest absolute Gasteiger partial charge is 0.457 e. The lowest BCUT2D eigenvalue weighted by molar-refractivity contribution is 0.436. The Bertz CT molecular complexity index is 8840. The molecule has 7 heterocycles. The van der Waals surface area contributed by atoms with Crippen LogP contribution < -0.4 is 9.47 Å². The molecule has 2 spiro atoms. The first-order chi connectivity index (χ1) is 68.4. The second-order valence-corrected chi connectivity index (χ2v) is 35.3. The van der Waals surface area contributed by atoms with Crippen LogP contribution in [0.15, 0.2) is 467 Å². The predicted molar refractivity (Wildman–Crippen MR) is 551 cm³/mol. The maximum Gasteiger partial charge on any atom is 0.167 e. The molecule has 2 unspecified atom stereocenters. The molecule has 2 atom stereocenters. The minimum Gasteiger partial charge on any atom is -0.457 e. The minimum absolute atomic E-state index is 0.507. The maximum absolute atomic E-state index is 7.42. The number of hydrogen-bond donors (Lipinski definition) is 0. The average molecular weight is 1770 g/mol. The topological polar surface area (TPSA) is 144 Å². The summed E-state index contributed by atoms with van der Waals surface area (Å²) >= 11 is 0. The Morgan fingerprint density at radius 3 is 0.906 bits per heavy atom. The first-order valence-electron chi connectivity index (χ1n) is 46.5. The number of aromatic nitrogens is 11. The molecule has 2 aliphatic heterocycles. The van der Waals surface area contributed by atoms with Gasteiger partial charge in [0.1, 0.15) is 23.0 Å². The van der Waals surface area contributed by atoms with Gasteiger partial charge in [0.25, 0.3) is 0 Å². The third-order valence-electron chi connectivity index (χ3n) is 27.7. The molecule has 28 rings (SSSR count). The van der Waals surface area contributed by atoms with Gasteiger partial charge in [0.05, 0.1) is 38.5 Å². The number of fused-ring (bicyclic) bond motifs is 24. The molecule has 24 aromatic rings. The number of para-hydroxylation sites is 6. The van der Waals surface area contributed by atoms with Crippen LogP contribution in [-0.2, 0) is 10.8 Å². The van der Waals surface area contributed by atoms with E-state index in [0.717, 1.165) is 140 Å². The van der Waals surface area contributed by atoms with Gasteiger partial charge in [0, 0.05) is 99.7 Å². The molecule has 19 aromatic carbocycles. The summed E-state index contributed by atoms with van der Waals surface area (Å²) in [6, 6.07) is 164. The van der Waals surface area contributed by atoms with E-state index in [-0.39, 0.29) is 0 Å². The van der Waals surface area contributed by atoms with E-state index in [2.05, 4.69) is 294 Å². The van der Waals surface area contributed by atoms with Gasteiger partial charge in [-0.25, -0.2) is 44.9 Å². The predicted octanol–water partition coefficient (Wildman–Crippen LogP) is 29.7. The molecule has 13 nitrogen and oxygen atoms in total. The van der Waals surface area contributed by atoms with Gasteiger partial charge >= 0.3 is 0 Å². The zero-order chi connectivity index (χ0) is 90.9. The van der Waals surface area contributed by atoms with E-state index in [1.807, 2.05) is 182 Å². The van der Waals surface area contributed by atoms with Crippen molar-refractivity contribution in [1.29, 1.82) is 0 Å². The molecule has 0 saturated heterocycles. The van der Waals surface area contributed by atoms with Crippen molar-refractivity contribution in [2.75, 3.05) is 0 Å². The van der Waals surface area contributed by atoms with Crippen molar-refractivity contribution in [3.05, 3.63) is 512 Å². The molecule has 0 amide bonds. The van der Waals surface area contributed by atoms with E-state index in [1.54, 1.807) is 0 Å². The summed E-state index contributed by atoms with van der Waals surface area (Å²) in [6.45, 7) is 0. The van der Waals surface area contributed by atoms with Crippen molar-refractivity contribution in [3.63, 3.8) is 0 Å². The zero-order valence-electron chi connectivity index (χ0n) is 74.2. The highest BCUT2D eigenvalue weighted by Gasteiger charge is 2.54. The number of benzene rings is 19. The van der Waals surface area contributed by atoms with Crippen LogP contribution in [0, 0.1) is 0 Å². The molecule has 4 aliphatic rings. The van der Waals surface area contributed by atoms with Crippen LogP contribution in [0.2, 0.25) is 0 Å². The van der Waals surface area contributed by atoms with E-state index in [1.165, 1.54) is 54.8 Å². The summed E-state index contributed by atoms with van der Waals surface area (Å²) in [5.74, 6) is 8.36. The Morgan fingerprint density at radius 1 is 0.159 bits per heavy atom. The number of rotatable bonds is 12. The first kappa shape index (κ1) is 79.2. The molecule has 138 heavy (non-hydrogen) atoms. The van der Waals surface area contributed by atoms with Crippen LogP contribution in [-0.4, -0.2) is 54.0 Å². The van der Waals surface area contributed by atoms with Crippen LogP contribution >= 0.6 is 0 Å². The Labute approximate surface area is 794 Å². The lowest BCUT2D eigenvalue weighted by Crippen LogP contribution is -2.32. The summed E-state index contributed by atoms with van der Waals surface area (Å²) in [5.41, 5.74) is 29.0. The fourth-order valence-electron chi connectivity index (χ4n) is 21.6. The molecule has 644 valence electrons. The van der Waals surface area contributed by atoms with Crippen molar-refractivity contribution in [3.8, 4) is 170 Å². The van der Waals surface area contributed by atoms with Crippen molar-refractivity contribution < 1.29 is 9.47 Å². The van der Waals surface area contributed by atoms with Gasteiger partial charge in [-0.15, -0.1) is 0 Å². The van der Waals surface area contributed by atoms with E-state index in [9.17, 15) is 0 Å². The second kappa shape index (κ2) is 32.1. The fourth-order valence-corrected chi connectivity index (χ4v) is 21.6. The van der Waals surface area contributed by atoms with E-state index in [4.69, 9.17) is 54.3 Å². The first-order valence-corrected chi connectivity index (χ1v) is 46.5. The summed E-state index contributed by atoms with van der Waals surface area (Å²) in [5, 5.41) is 4.83. The smallest absolute Gasteiger partial charge is 0.167 e. The summed E-state index contributed by atoms with van der Waals surface area (Å²) < 4.78 is 19.1. The molecule has 2 aliphatic carbocycles. The minimum atomic E-state index is -0.928. The lowest BCUT2D eigenvalue weighted by atomic mass is 9.65. The van der Waals surface area contributed by atoms with Gasteiger partial charge in [0.15, 0.2) is 52.4 Å². The Balaban J connectivity index is 0.000000141. The summed E-state index contributed by atoms with van der Waals surface area (Å²) in [4.78, 5) is 46.2. The normalized spacial score (nSPS) is 14.3. The van der Waals surface area contributed by atoms with Gasteiger partial charge in [-0.3, -0.25) is 0 Å². The number of hydrogen-bond acceptors (Lipinski definition) is 11. The number of nitrogens with zero attached hydrogens (tertiary/aromatic N) is 11. The van der Waals surface area contributed by atoms with Gasteiger partial charge in [-0.05, 0) is 165 Å². The van der Waals surface area contributed by atoms with Crippen LogP contribution in [0.5, 0.6) is 23.0 Å². The average Bonchev–Trinajstić information content (AvgIpc) is 1.50. The number of ether oxygens (including phenoxy) is 2. The van der Waals surface area contributed by atoms with Crippen LogP contribution in [0.1, 0.15) is 44.5 Å². The van der Waals surface area contributed by atoms with Crippen molar-refractivity contribution in [2.24, 2.45) is 0 Å². The van der Waals surface area contributed by atoms with Gasteiger partial charge in [-0.1, -0.05) is 358 Å². The quantitative estimate of drug-likeness (QED) is 0.115. The highest BCUT2D eigenvalue weighted by molar-refractivity contribution is 6.14. The SMILES string of the molecule is c1ccc(-c2nc(-c3ccccc3)nc(-c3ccc4c(c3)C3(c5ccccc5-c5cc6c7ccccc7n(-c7ccccc7)c6cc53)c3cccc(-c5nc(-c6ccccc6)nc(-c6ccccc6)n5)c3O4)n2)cc1.c1ccc(-c2nc(-c3ccccc3)nc(-c3cccc(-c4ccc5c(c4)C4(c6ccccc6O5)c5ccccc5-c5cc6c7ccccc7n(-c7ccccc7)c6cc54)c3)n2)cc1. The van der Waals surface area contributed by atoms with Crippen molar-refractivity contribution in [1.82, 2.24) is 54.0 Å². The highest BCUT2D eigenvalue weighted by atomic mass is 16.5. The molecule has 0 fully saturated rings. The van der Waals surface area contributed by atoms with Crippen LogP contribution in [0.25, 0.3) is 191 Å². The van der Waals surface area contributed by atoms with E-state index in [0.29, 0.717) is 63.9 Å². The van der Waals surface area contributed by atoms with Gasteiger partial charge < -0.3 is 18.6 Å². The standard InChI is InChI=1S/C67H41N7O.C58H36N4O/c1-6-21-42(22-7-1)61-68-62(43-23-8-2-9-24-43)71-65(70-61)46-37-38-59-56(39-46)67(54-35-20-33-50(60(54)75-59)66-72-63(44-25-10-3-11-26-44)69-64(73-66)45-27-12-4-13-28-45)53-34-18-16-31-48(53)51-40-52-49-32-17-19-36-57(49)74(58(52)41-55(51)67)47-29-14-5-15-30-47;1-4-17-37(18-5-1)55-59-56(38-19-6-2-7-20-38)61-57(60-55)41-22-16-21-39(33-41)40-31-32-54-50(34-40)58(48-28-13-15-30-53(48)63-54)47-27-12-10-25-43(47)45-35-46-44-26-11-14-29-51(44)62(52(46)36-49(45)58)42-23-8-3-9-24-42/h1-41H;1-36H. The third-order valence-corrected chi connectivity index (χ3v) is 27.7. The van der Waals surface area contributed by atoms with Gasteiger partial charge in [-0.2, -0.15) is 0 Å². The van der Waals surface area contributed by atoms with E-state index >= 15 is 0 Å². The summed E-state index contributed by atoms with van der Waals surface area (Å²) in [7, 11) is 0. The molecule has 13 heteroatoms. The Morgan fingerprint density at radius 2 is 0.457 bits per heavy atom. The molecular weight excluding hydrogens is 1690 g/mol. The van der Waals surface area contributed by atoms with E-state index < -0.39 is 10.8 Å². The third kappa shape index (κ3) is 12.7. The van der Waals surface area contributed by atoms with Crippen LogP contribution in [0.3, 0.4) is 0 Å². The van der Waals surface area contributed by atoms with Crippen molar-refractivity contribution >= 4 is 43.6 Å². The molecule has 0 bridgehead atoms. The molecule has 0 N–H and O–H groups in total. The van der Waals surface area contributed by atoms with Crippen molar-refractivity contribution in [2.45, 2.75) is 10.8 Å². The van der Waals surface area contributed by atoms with Crippen LogP contribution in [0.4, 0.5) is 0 Å². The molecule has 0 radical (unpaired) electrons. The zero-order valence-corrected chi connectivity index (χ0v) is 74.2. The van der Waals surface area contributed by atoms with Gasteiger partial charge in [0.2, 0.25) is 0 Å². The Hall–Kier alpha value is -18.6. The fraction of sp³-hybridized carbons (Fsp3) is 0.0160. The second-order valence-electron chi connectivity index (χ2n) is 35.3. The highest BCUT2D eigenvalue weighted by Crippen LogP contribution is 2.67. The molecule has 0 saturated carbocycles. The molecular formula is C125H77N11O2. The Kier molecular flexibility index (Phi) is 18.4. The lowest BCUT2D eigenvalue weighted by Gasteiger charge is -2.40.